The van der Waals surface area contributed by atoms with Crippen molar-refractivity contribution in [3.8, 4) is 5.75 Å². The Hall–Kier alpha value is -2.62. The van der Waals surface area contributed by atoms with Gasteiger partial charge in [0.15, 0.2) is 0 Å². The smallest absolute Gasteiger partial charge is 0.250 e. The molecule has 2 aromatic rings. The van der Waals surface area contributed by atoms with Gasteiger partial charge in [-0.05, 0) is 38.5 Å². The number of carbonyl (C=O) groups is 1. The molecule has 1 amide bonds. The number of phenolic OH excluding ortho intramolecular Hbond substituents is 1. The molecule has 0 fully saturated rings. The van der Waals surface area contributed by atoms with Gasteiger partial charge in [0.25, 0.3) is 0 Å². The standard InChI is InChI=1S/C18H20N2O2/c1-13(15-11-7-8-12-16(15)21)19-20-17(22)18(2,3)14-9-5-4-6-10-14/h4-12,21H,1-3H3,(H,20,22)/b19-13+. The minimum absolute atomic E-state index is 0.139. The minimum Gasteiger partial charge on any atom is -0.507 e. The Balaban J connectivity index is 2.16. The number of hydrazone groups is 1. The van der Waals surface area contributed by atoms with E-state index in [1.54, 1.807) is 25.1 Å². The fraction of sp³-hybridized carbons (Fsp3) is 0.222. The van der Waals surface area contributed by atoms with Gasteiger partial charge >= 0.3 is 0 Å². The number of nitrogens with zero attached hydrogens (tertiary/aromatic N) is 1. The monoisotopic (exact) mass is 296 g/mol. The van der Waals surface area contributed by atoms with Gasteiger partial charge in [0.2, 0.25) is 5.91 Å². The van der Waals surface area contributed by atoms with Gasteiger partial charge in [-0.1, -0.05) is 42.5 Å². The maximum Gasteiger partial charge on any atom is 0.250 e. The third-order valence-corrected chi connectivity index (χ3v) is 3.68. The number of aromatic hydroxyl groups is 1. The van der Waals surface area contributed by atoms with E-state index >= 15 is 0 Å². The highest BCUT2D eigenvalue weighted by molar-refractivity contribution is 6.01. The molecule has 0 aromatic heterocycles. The second kappa shape index (κ2) is 6.43. The van der Waals surface area contributed by atoms with Gasteiger partial charge in [0.1, 0.15) is 5.75 Å². The van der Waals surface area contributed by atoms with Crippen LogP contribution in [0.1, 0.15) is 31.9 Å². The number of carbonyl (C=O) groups excluding carboxylic acids is 1. The molecule has 0 aliphatic carbocycles. The van der Waals surface area contributed by atoms with Crippen LogP contribution in [0.25, 0.3) is 0 Å². The molecule has 114 valence electrons. The van der Waals surface area contributed by atoms with Crippen LogP contribution in [0, 0.1) is 0 Å². The van der Waals surface area contributed by atoms with E-state index in [9.17, 15) is 9.90 Å². The summed E-state index contributed by atoms with van der Waals surface area (Å²) < 4.78 is 0. The molecule has 0 bridgehead atoms. The zero-order chi connectivity index (χ0) is 16.2. The lowest BCUT2D eigenvalue weighted by atomic mass is 9.84. The maximum atomic E-state index is 12.4. The summed E-state index contributed by atoms with van der Waals surface area (Å²) in [6.45, 7) is 5.44. The molecule has 0 aliphatic rings. The molecular weight excluding hydrogens is 276 g/mol. The number of amides is 1. The lowest BCUT2D eigenvalue weighted by Gasteiger charge is -2.22. The lowest BCUT2D eigenvalue weighted by Crippen LogP contribution is -2.38. The first kappa shape index (κ1) is 15.8. The van der Waals surface area contributed by atoms with Gasteiger partial charge < -0.3 is 5.11 Å². The summed E-state index contributed by atoms with van der Waals surface area (Å²) in [7, 11) is 0. The third kappa shape index (κ3) is 3.34. The summed E-state index contributed by atoms with van der Waals surface area (Å²) in [4.78, 5) is 12.4. The van der Waals surface area contributed by atoms with Crippen molar-refractivity contribution in [3.05, 3.63) is 65.7 Å². The molecule has 0 unspecified atom stereocenters. The highest BCUT2D eigenvalue weighted by Gasteiger charge is 2.29. The topological polar surface area (TPSA) is 61.7 Å². The fourth-order valence-corrected chi connectivity index (χ4v) is 2.10. The van der Waals surface area contributed by atoms with E-state index in [0.29, 0.717) is 11.3 Å². The van der Waals surface area contributed by atoms with Crippen molar-refractivity contribution in [2.45, 2.75) is 26.2 Å². The van der Waals surface area contributed by atoms with Gasteiger partial charge in [-0.25, -0.2) is 5.43 Å². The van der Waals surface area contributed by atoms with Crippen LogP contribution in [0.3, 0.4) is 0 Å². The Morgan fingerprint density at radius 3 is 2.27 bits per heavy atom. The predicted octanol–water partition coefficient (Wildman–Crippen LogP) is 3.21. The van der Waals surface area contributed by atoms with Crippen molar-refractivity contribution in [1.82, 2.24) is 5.43 Å². The van der Waals surface area contributed by atoms with Crippen LogP contribution in [0.4, 0.5) is 0 Å². The first-order valence-electron chi connectivity index (χ1n) is 7.11. The summed E-state index contributed by atoms with van der Waals surface area (Å²) in [5, 5.41) is 13.9. The van der Waals surface area contributed by atoms with Gasteiger partial charge in [-0.2, -0.15) is 5.10 Å². The fourth-order valence-electron chi connectivity index (χ4n) is 2.10. The molecule has 2 N–H and O–H groups in total. The Bertz CT molecular complexity index is 691. The predicted molar refractivity (Wildman–Crippen MR) is 87.9 cm³/mol. The number of nitrogens with one attached hydrogen (secondary N) is 1. The van der Waals surface area contributed by atoms with E-state index in [2.05, 4.69) is 10.5 Å². The number of phenols is 1. The highest BCUT2D eigenvalue weighted by atomic mass is 16.3. The van der Waals surface area contributed by atoms with E-state index in [0.717, 1.165) is 5.56 Å². The first-order chi connectivity index (χ1) is 10.4. The first-order valence-corrected chi connectivity index (χ1v) is 7.11. The summed E-state index contributed by atoms with van der Waals surface area (Å²) in [5.41, 5.74) is 3.96. The van der Waals surface area contributed by atoms with Crippen LogP contribution in [0.15, 0.2) is 59.7 Å². The lowest BCUT2D eigenvalue weighted by molar-refractivity contribution is -0.125. The molecule has 22 heavy (non-hydrogen) atoms. The highest BCUT2D eigenvalue weighted by Crippen LogP contribution is 2.23. The summed E-state index contributed by atoms with van der Waals surface area (Å²) in [5.74, 6) is -0.0613. The van der Waals surface area contributed by atoms with Gasteiger partial charge in [-0.3, -0.25) is 4.79 Å². The van der Waals surface area contributed by atoms with Crippen molar-refractivity contribution >= 4 is 11.6 Å². The van der Waals surface area contributed by atoms with E-state index in [1.165, 1.54) is 0 Å². The number of benzene rings is 2. The largest absolute Gasteiger partial charge is 0.507 e. The van der Waals surface area contributed by atoms with Gasteiger partial charge in [-0.15, -0.1) is 0 Å². The molecule has 0 saturated carbocycles. The van der Waals surface area contributed by atoms with Gasteiger partial charge in [0, 0.05) is 5.56 Å². The van der Waals surface area contributed by atoms with Crippen LogP contribution < -0.4 is 5.43 Å². The van der Waals surface area contributed by atoms with E-state index in [-0.39, 0.29) is 11.7 Å². The van der Waals surface area contributed by atoms with Crippen LogP contribution in [0.2, 0.25) is 0 Å². The molecule has 0 spiro atoms. The third-order valence-electron chi connectivity index (χ3n) is 3.68. The van der Waals surface area contributed by atoms with Crippen LogP contribution in [0.5, 0.6) is 5.75 Å². The van der Waals surface area contributed by atoms with E-state index < -0.39 is 5.41 Å². The molecule has 0 aliphatic heterocycles. The Morgan fingerprint density at radius 2 is 1.64 bits per heavy atom. The van der Waals surface area contributed by atoms with Crippen molar-refractivity contribution in [3.63, 3.8) is 0 Å². The molecule has 4 heteroatoms. The Labute approximate surface area is 130 Å². The molecule has 0 atom stereocenters. The number of rotatable bonds is 4. The molecular formula is C18H20N2O2. The maximum absolute atomic E-state index is 12.4. The average molecular weight is 296 g/mol. The molecule has 0 saturated heterocycles. The van der Waals surface area contributed by atoms with Crippen LogP contribution in [-0.2, 0) is 10.2 Å². The molecule has 2 rings (SSSR count). The average Bonchev–Trinajstić information content (AvgIpc) is 2.53. The van der Waals surface area contributed by atoms with E-state index in [4.69, 9.17) is 0 Å². The SMILES string of the molecule is C/C(=N\NC(=O)C(C)(C)c1ccccc1)c1ccccc1O. The van der Waals surface area contributed by atoms with Gasteiger partial charge in [0.05, 0.1) is 11.1 Å². The quantitative estimate of drug-likeness (QED) is 0.672. The normalized spacial score (nSPS) is 12.0. The number of hydrogen-bond donors (Lipinski definition) is 2. The van der Waals surface area contributed by atoms with Crippen LogP contribution in [-0.4, -0.2) is 16.7 Å². The van der Waals surface area contributed by atoms with E-state index in [1.807, 2.05) is 50.2 Å². The van der Waals surface area contributed by atoms with Crippen molar-refractivity contribution in [2.24, 2.45) is 5.10 Å². The summed E-state index contributed by atoms with van der Waals surface area (Å²) in [6.07, 6.45) is 0. The molecule has 0 heterocycles. The number of para-hydroxylation sites is 1. The number of hydrogen-bond acceptors (Lipinski definition) is 3. The zero-order valence-corrected chi connectivity index (χ0v) is 13.0. The Morgan fingerprint density at radius 1 is 1.05 bits per heavy atom. The van der Waals surface area contributed by atoms with Crippen molar-refractivity contribution < 1.29 is 9.90 Å². The van der Waals surface area contributed by atoms with Crippen LogP contribution >= 0.6 is 0 Å². The summed E-state index contributed by atoms with van der Waals surface area (Å²) in [6, 6.07) is 16.4. The Kier molecular flexibility index (Phi) is 4.61. The second-order valence-electron chi connectivity index (χ2n) is 5.65. The minimum atomic E-state index is -0.691. The molecule has 4 nitrogen and oxygen atoms in total. The zero-order valence-electron chi connectivity index (χ0n) is 13.0. The second-order valence-corrected chi connectivity index (χ2v) is 5.65. The van der Waals surface area contributed by atoms with Crippen molar-refractivity contribution in [2.75, 3.05) is 0 Å². The molecule has 2 aromatic carbocycles. The summed E-state index contributed by atoms with van der Waals surface area (Å²) >= 11 is 0. The molecule has 0 radical (unpaired) electrons. The van der Waals surface area contributed by atoms with Crippen molar-refractivity contribution in [1.29, 1.82) is 0 Å².